The first-order chi connectivity index (χ1) is 11.0. The van der Waals surface area contributed by atoms with Crippen molar-refractivity contribution in [2.24, 2.45) is 0 Å². The number of morpholine rings is 1. The number of carbonyl (C=O) groups is 1. The van der Waals surface area contributed by atoms with Gasteiger partial charge in [0, 0.05) is 31.7 Å². The number of hydrogen-bond acceptors (Lipinski definition) is 4. The zero-order valence-corrected chi connectivity index (χ0v) is 14.1. The summed E-state index contributed by atoms with van der Waals surface area (Å²) in [5, 5.41) is 0. The van der Waals surface area contributed by atoms with Crippen LogP contribution in [-0.2, 0) is 14.8 Å². The van der Waals surface area contributed by atoms with E-state index in [9.17, 15) is 13.2 Å². The highest BCUT2D eigenvalue weighted by atomic mass is 32.2. The summed E-state index contributed by atoms with van der Waals surface area (Å²) in [6, 6.07) is 6.27. The van der Waals surface area contributed by atoms with Gasteiger partial charge < -0.3 is 9.64 Å². The molecule has 126 valence electrons. The van der Waals surface area contributed by atoms with Crippen LogP contribution in [0.25, 0.3) is 0 Å². The zero-order chi connectivity index (χ0) is 16.4. The molecule has 2 aliphatic rings. The minimum Gasteiger partial charge on any atom is -0.375 e. The number of nitrogens with zero attached hydrogens (tertiary/aromatic N) is 2. The lowest BCUT2D eigenvalue weighted by Gasteiger charge is -2.31. The molecule has 1 unspecified atom stereocenters. The van der Waals surface area contributed by atoms with E-state index < -0.39 is 10.0 Å². The van der Waals surface area contributed by atoms with E-state index in [1.807, 2.05) is 6.92 Å². The van der Waals surface area contributed by atoms with E-state index in [0.717, 1.165) is 12.8 Å². The molecule has 1 aromatic rings. The molecule has 2 saturated heterocycles. The second kappa shape index (κ2) is 6.59. The van der Waals surface area contributed by atoms with E-state index in [4.69, 9.17) is 4.74 Å². The van der Waals surface area contributed by atoms with E-state index in [0.29, 0.717) is 38.3 Å². The number of carbonyl (C=O) groups excluding carboxylic acids is 1. The van der Waals surface area contributed by atoms with Gasteiger partial charge in [-0.3, -0.25) is 4.79 Å². The smallest absolute Gasteiger partial charge is 0.254 e. The fraction of sp³-hybridized carbons (Fsp3) is 0.562. The van der Waals surface area contributed by atoms with Gasteiger partial charge in [0.05, 0.1) is 17.6 Å². The SMILES string of the molecule is CC1CN(C(=O)c2ccc(S(=O)(=O)N3CCCC3)cc2)CCO1. The van der Waals surface area contributed by atoms with Crippen LogP contribution in [-0.4, -0.2) is 62.4 Å². The Morgan fingerprint density at radius 3 is 2.39 bits per heavy atom. The van der Waals surface area contributed by atoms with Gasteiger partial charge in [0.15, 0.2) is 0 Å². The Morgan fingerprint density at radius 1 is 1.13 bits per heavy atom. The van der Waals surface area contributed by atoms with Crippen molar-refractivity contribution in [3.8, 4) is 0 Å². The van der Waals surface area contributed by atoms with Crippen molar-refractivity contribution in [2.75, 3.05) is 32.8 Å². The summed E-state index contributed by atoms with van der Waals surface area (Å²) in [6.45, 7) is 4.76. The van der Waals surface area contributed by atoms with Crippen LogP contribution in [0.5, 0.6) is 0 Å². The average Bonchev–Trinajstić information content (AvgIpc) is 3.09. The summed E-state index contributed by atoms with van der Waals surface area (Å²) >= 11 is 0. The number of hydrogen-bond donors (Lipinski definition) is 0. The van der Waals surface area contributed by atoms with Crippen LogP contribution >= 0.6 is 0 Å². The zero-order valence-electron chi connectivity index (χ0n) is 13.3. The summed E-state index contributed by atoms with van der Waals surface area (Å²) in [5.74, 6) is -0.0785. The van der Waals surface area contributed by atoms with Crippen molar-refractivity contribution in [3.63, 3.8) is 0 Å². The predicted octanol–water partition coefficient (Wildman–Crippen LogP) is 1.33. The largest absolute Gasteiger partial charge is 0.375 e. The molecule has 0 radical (unpaired) electrons. The van der Waals surface area contributed by atoms with Gasteiger partial charge in [-0.25, -0.2) is 8.42 Å². The molecule has 0 aliphatic carbocycles. The Balaban J connectivity index is 1.75. The molecule has 2 aliphatic heterocycles. The van der Waals surface area contributed by atoms with Crippen molar-refractivity contribution in [1.82, 2.24) is 9.21 Å². The molecule has 6 nitrogen and oxygen atoms in total. The molecule has 1 atom stereocenters. The molecule has 23 heavy (non-hydrogen) atoms. The molecule has 1 aromatic carbocycles. The molecule has 1 amide bonds. The van der Waals surface area contributed by atoms with Crippen molar-refractivity contribution < 1.29 is 17.9 Å². The van der Waals surface area contributed by atoms with Gasteiger partial charge in [0.2, 0.25) is 10.0 Å². The van der Waals surface area contributed by atoms with Gasteiger partial charge in [-0.15, -0.1) is 0 Å². The summed E-state index contributed by atoms with van der Waals surface area (Å²) in [7, 11) is -3.43. The number of benzene rings is 1. The van der Waals surface area contributed by atoms with Crippen LogP contribution in [0.15, 0.2) is 29.2 Å². The maximum absolute atomic E-state index is 12.5. The lowest BCUT2D eigenvalue weighted by Crippen LogP contribution is -2.44. The molecule has 0 aromatic heterocycles. The fourth-order valence-corrected chi connectivity index (χ4v) is 4.55. The maximum Gasteiger partial charge on any atom is 0.254 e. The molecule has 2 fully saturated rings. The van der Waals surface area contributed by atoms with Crippen molar-refractivity contribution in [3.05, 3.63) is 29.8 Å². The van der Waals surface area contributed by atoms with Crippen LogP contribution < -0.4 is 0 Å². The number of amides is 1. The average molecular weight is 338 g/mol. The fourth-order valence-electron chi connectivity index (χ4n) is 3.03. The van der Waals surface area contributed by atoms with Crippen LogP contribution in [0.4, 0.5) is 0 Å². The minimum atomic E-state index is -3.43. The Kier molecular flexibility index (Phi) is 4.70. The number of rotatable bonds is 3. The summed E-state index contributed by atoms with van der Waals surface area (Å²) in [4.78, 5) is 14.5. The third kappa shape index (κ3) is 3.41. The molecule has 0 spiro atoms. The van der Waals surface area contributed by atoms with E-state index in [2.05, 4.69) is 0 Å². The van der Waals surface area contributed by atoms with Crippen LogP contribution in [0.2, 0.25) is 0 Å². The Labute approximate surface area is 137 Å². The Morgan fingerprint density at radius 2 is 1.78 bits per heavy atom. The second-order valence-electron chi connectivity index (χ2n) is 6.07. The molecule has 2 heterocycles. The van der Waals surface area contributed by atoms with Gasteiger partial charge >= 0.3 is 0 Å². The molecule has 7 heteroatoms. The first-order valence-electron chi connectivity index (χ1n) is 7.99. The monoisotopic (exact) mass is 338 g/mol. The van der Waals surface area contributed by atoms with Crippen LogP contribution in [0, 0.1) is 0 Å². The lowest BCUT2D eigenvalue weighted by molar-refractivity contribution is -0.0124. The molecule has 0 saturated carbocycles. The van der Waals surface area contributed by atoms with Crippen molar-refractivity contribution in [1.29, 1.82) is 0 Å². The van der Waals surface area contributed by atoms with Crippen LogP contribution in [0.3, 0.4) is 0 Å². The third-order valence-corrected chi connectivity index (χ3v) is 6.25. The summed E-state index contributed by atoms with van der Waals surface area (Å²) < 4.78 is 31.9. The third-order valence-electron chi connectivity index (χ3n) is 4.33. The second-order valence-corrected chi connectivity index (χ2v) is 8.01. The normalized spacial score (nSPS) is 23.2. The Bertz CT molecular complexity index is 666. The van der Waals surface area contributed by atoms with Crippen molar-refractivity contribution in [2.45, 2.75) is 30.8 Å². The summed E-state index contributed by atoms with van der Waals surface area (Å²) in [5.41, 5.74) is 0.513. The lowest BCUT2D eigenvalue weighted by atomic mass is 10.2. The molecule has 0 bridgehead atoms. The minimum absolute atomic E-state index is 0.0301. The van der Waals surface area contributed by atoms with E-state index in [-0.39, 0.29) is 16.9 Å². The van der Waals surface area contributed by atoms with E-state index >= 15 is 0 Å². The highest BCUT2D eigenvalue weighted by molar-refractivity contribution is 7.89. The molecular weight excluding hydrogens is 316 g/mol. The number of sulfonamides is 1. The van der Waals surface area contributed by atoms with Crippen LogP contribution in [0.1, 0.15) is 30.1 Å². The summed E-state index contributed by atoms with van der Waals surface area (Å²) in [6.07, 6.45) is 1.85. The van der Waals surface area contributed by atoms with E-state index in [1.54, 1.807) is 17.0 Å². The Hall–Kier alpha value is -1.44. The molecule has 3 rings (SSSR count). The van der Waals surface area contributed by atoms with Gasteiger partial charge in [-0.2, -0.15) is 4.31 Å². The highest BCUT2D eigenvalue weighted by Crippen LogP contribution is 2.21. The van der Waals surface area contributed by atoms with Gasteiger partial charge in [-0.05, 0) is 44.0 Å². The van der Waals surface area contributed by atoms with Crippen molar-refractivity contribution >= 4 is 15.9 Å². The quantitative estimate of drug-likeness (QED) is 0.834. The predicted molar refractivity (Wildman–Crippen MR) is 85.8 cm³/mol. The standard InChI is InChI=1S/C16H22N2O4S/c1-13-12-17(10-11-22-13)16(19)14-4-6-15(7-5-14)23(20,21)18-8-2-3-9-18/h4-7,13H,2-3,8-12H2,1H3. The van der Waals surface area contributed by atoms with Gasteiger partial charge in [0.25, 0.3) is 5.91 Å². The highest BCUT2D eigenvalue weighted by Gasteiger charge is 2.28. The first kappa shape index (κ1) is 16.4. The van der Waals surface area contributed by atoms with E-state index in [1.165, 1.54) is 16.4 Å². The molecular formula is C16H22N2O4S. The van der Waals surface area contributed by atoms with Gasteiger partial charge in [-0.1, -0.05) is 0 Å². The maximum atomic E-state index is 12.5. The topological polar surface area (TPSA) is 66.9 Å². The first-order valence-corrected chi connectivity index (χ1v) is 9.43. The number of ether oxygens (including phenoxy) is 1. The van der Waals surface area contributed by atoms with Gasteiger partial charge in [0.1, 0.15) is 0 Å². The molecule has 0 N–H and O–H groups in total.